The van der Waals surface area contributed by atoms with Crippen molar-refractivity contribution < 1.29 is 29.1 Å². The SMILES string of the molecule is C=CC(CCCCN)NC(=O)C(CC(C)C)NC(=O)C(Cc1ccccc1)NC(=O)C(N)Cc1ccccc1.CN1C2CC1CN(C(=O)C(N)CC(=O)O)C2. The fourth-order valence-electron chi connectivity index (χ4n) is 6.80. The van der Waals surface area contributed by atoms with Crippen molar-refractivity contribution in [2.24, 2.45) is 23.1 Å². The van der Waals surface area contributed by atoms with E-state index in [9.17, 15) is 24.0 Å². The minimum absolute atomic E-state index is 0.155. The van der Waals surface area contributed by atoms with E-state index in [0.29, 0.717) is 44.6 Å². The number of rotatable bonds is 20. The molecule has 3 aliphatic rings. The van der Waals surface area contributed by atoms with Crippen molar-refractivity contribution >= 4 is 29.6 Å². The second kappa shape index (κ2) is 22.7. The number of carbonyl (C=O) groups excluding carboxylic acids is 4. The van der Waals surface area contributed by atoms with Crippen LogP contribution in [-0.2, 0) is 36.8 Å². The van der Waals surface area contributed by atoms with Gasteiger partial charge in [0.2, 0.25) is 23.6 Å². The molecule has 3 saturated heterocycles. The van der Waals surface area contributed by atoms with Crippen molar-refractivity contribution in [2.75, 3.05) is 26.7 Å². The molecule has 2 aromatic carbocycles. The van der Waals surface area contributed by atoms with Gasteiger partial charge in [0.1, 0.15) is 12.1 Å². The van der Waals surface area contributed by atoms with Crippen LogP contribution < -0.4 is 33.2 Å². The number of unbranched alkanes of at least 4 members (excludes halogenated alkanes) is 1. The molecule has 7 atom stereocenters. The maximum Gasteiger partial charge on any atom is 0.305 e. The fourth-order valence-corrected chi connectivity index (χ4v) is 6.80. The Balaban J connectivity index is 0.000000418. The molecule has 10 N–H and O–H groups in total. The number of aliphatic carboxylic acids is 1. The van der Waals surface area contributed by atoms with E-state index >= 15 is 0 Å². The Kier molecular flexibility index (Phi) is 18.5. The van der Waals surface area contributed by atoms with E-state index in [1.165, 1.54) is 0 Å². The van der Waals surface area contributed by atoms with Gasteiger partial charge in [-0.05, 0) is 69.2 Å². The number of carbonyl (C=O) groups is 5. The lowest BCUT2D eigenvalue weighted by atomic mass is 9.88. The van der Waals surface area contributed by atoms with Crippen LogP contribution in [0.25, 0.3) is 0 Å². The van der Waals surface area contributed by atoms with Gasteiger partial charge in [-0.1, -0.05) is 80.6 Å². The average molecular weight is 763 g/mol. The molecule has 5 rings (SSSR count). The van der Waals surface area contributed by atoms with Gasteiger partial charge >= 0.3 is 5.97 Å². The number of piperidine rings is 1. The third-order valence-electron chi connectivity index (χ3n) is 10.1. The van der Waals surface area contributed by atoms with E-state index in [1.807, 2.05) is 74.5 Å². The highest BCUT2D eigenvalue weighted by Crippen LogP contribution is 2.30. The van der Waals surface area contributed by atoms with Crippen molar-refractivity contribution in [3.8, 4) is 0 Å². The normalized spacial score (nSPS) is 18.9. The quantitative estimate of drug-likeness (QED) is 0.0757. The van der Waals surface area contributed by atoms with Gasteiger partial charge in [-0.15, -0.1) is 6.58 Å². The number of nitrogens with zero attached hydrogens (tertiary/aromatic N) is 2. The Morgan fingerprint density at radius 2 is 1.36 bits per heavy atom. The Labute approximate surface area is 325 Å². The lowest BCUT2D eigenvalue weighted by Crippen LogP contribution is -2.69. The van der Waals surface area contributed by atoms with Crippen molar-refractivity contribution in [1.82, 2.24) is 25.8 Å². The number of nitrogens with two attached hydrogens (primary N) is 3. The molecule has 3 heterocycles. The largest absolute Gasteiger partial charge is 0.481 e. The molecule has 4 amide bonds. The number of carboxylic acids is 1. The minimum atomic E-state index is -1.03. The van der Waals surface area contributed by atoms with Crippen LogP contribution >= 0.6 is 0 Å². The van der Waals surface area contributed by atoms with Gasteiger partial charge in [0.25, 0.3) is 0 Å². The lowest BCUT2D eigenvalue weighted by Gasteiger charge is -2.55. The predicted molar refractivity (Wildman–Crippen MR) is 213 cm³/mol. The molecule has 55 heavy (non-hydrogen) atoms. The first-order valence-electron chi connectivity index (χ1n) is 19.3. The van der Waals surface area contributed by atoms with Gasteiger partial charge < -0.3 is 43.2 Å². The number of amides is 4. The van der Waals surface area contributed by atoms with E-state index in [1.54, 1.807) is 11.0 Å². The summed E-state index contributed by atoms with van der Waals surface area (Å²) in [6.45, 7) is 9.77. The summed E-state index contributed by atoms with van der Waals surface area (Å²) >= 11 is 0. The molecule has 0 radical (unpaired) electrons. The highest BCUT2D eigenvalue weighted by Gasteiger charge is 2.44. The highest BCUT2D eigenvalue weighted by molar-refractivity contribution is 5.93. The van der Waals surface area contributed by atoms with Gasteiger partial charge in [0, 0.05) is 37.6 Å². The van der Waals surface area contributed by atoms with Gasteiger partial charge in [0.05, 0.1) is 18.5 Å². The van der Waals surface area contributed by atoms with E-state index < -0.39 is 42.0 Å². The van der Waals surface area contributed by atoms with Crippen molar-refractivity contribution in [1.29, 1.82) is 0 Å². The summed E-state index contributed by atoms with van der Waals surface area (Å²) in [6, 6.07) is 16.2. The van der Waals surface area contributed by atoms with Crippen LogP contribution in [0.4, 0.5) is 0 Å². The maximum atomic E-state index is 13.5. The first kappa shape index (κ1) is 44.8. The zero-order valence-corrected chi connectivity index (χ0v) is 32.6. The fraction of sp³-hybridized carbons (Fsp3) is 0.537. The number of nitrogens with one attached hydrogen (secondary N) is 3. The monoisotopic (exact) mass is 762 g/mol. The number of hydrogen-bond donors (Lipinski definition) is 7. The number of piperazine rings is 1. The molecular weight excluding hydrogens is 701 g/mol. The molecule has 3 aliphatic heterocycles. The highest BCUT2D eigenvalue weighted by atomic mass is 16.4. The van der Waals surface area contributed by atoms with Gasteiger partial charge in [0.15, 0.2) is 0 Å². The number of carboxylic acid groups (broad SMARTS) is 1. The van der Waals surface area contributed by atoms with Crippen LogP contribution in [0.3, 0.4) is 0 Å². The minimum Gasteiger partial charge on any atom is -0.481 e. The van der Waals surface area contributed by atoms with Crippen LogP contribution in [0.2, 0.25) is 0 Å². The van der Waals surface area contributed by atoms with E-state index in [4.69, 9.17) is 22.3 Å². The van der Waals surface area contributed by atoms with Crippen LogP contribution in [0.1, 0.15) is 63.5 Å². The Hall–Kier alpha value is -4.63. The molecule has 14 heteroatoms. The van der Waals surface area contributed by atoms with Crippen molar-refractivity contribution in [3.63, 3.8) is 0 Å². The van der Waals surface area contributed by atoms with Crippen LogP contribution in [-0.4, -0.2) is 113 Å². The van der Waals surface area contributed by atoms with Gasteiger partial charge in [-0.2, -0.15) is 0 Å². The van der Waals surface area contributed by atoms with Crippen LogP contribution in [0.15, 0.2) is 73.3 Å². The summed E-state index contributed by atoms with van der Waals surface area (Å²) in [5.74, 6) is -2.24. The number of fused-ring (bicyclic) bond motifs is 2. The number of likely N-dealkylation sites (N-methyl/N-ethyl adjacent to an activating group) is 1. The second-order valence-electron chi connectivity index (χ2n) is 15.0. The molecule has 7 unspecified atom stereocenters. The van der Waals surface area contributed by atoms with E-state index in [-0.39, 0.29) is 36.6 Å². The molecular formula is C41H62N8O6. The summed E-state index contributed by atoms with van der Waals surface area (Å²) < 4.78 is 0. The third kappa shape index (κ3) is 14.9. The third-order valence-corrected chi connectivity index (χ3v) is 10.1. The number of benzene rings is 2. The van der Waals surface area contributed by atoms with Crippen molar-refractivity contribution in [3.05, 3.63) is 84.4 Å². The van der Waals surface area contributed by atoms with E-state index in [2.05, 4.69) is 34.5 Å². The summed E-state index contributed by atoms with van der Waals surface area (Å²) in [5.41, 5.74) is 19.2. The van der Waals surface area contributed by atoms with Gasteiger partial charge in [-0.3, -0.25) is 28.9 Å². The van der Waals surface area contributed by atoms with Crippen LogP contribution in [0, 0.1) is 5.92 Å². The average Bonchev–Trinajstić information content (AvgIpc) is 3.16. The zero-order chi connectivity index (χ0) is 40.5. The standard InChI is InChI=1S/C31H45N5O3.C10H17N3O3/c1-4-25(17-11-12-18-32)34-30(38)27(19-22(2)3)36-31(39)28(21-24-15-9-6-10-16-24)35-29(37)26(33)20-23-13-7-5-8-14-23;1-12-6-2-7(12)5-13(4-6)10(16)8(11)3-9(14)15/h4-10,13-16,22,25-28H,1,11-12,17-21,32-33H2,2-3H3,(H,34,38)(H,35,37)(H,36,39);6-8H,2-5,11H2,1H3,(H,14,15). The topological polar surface area (TPSA) is 226 Å². The molecule has 2 bridgehead atoms. The summed E-state index contributed by atoms with van der Waals surface area (Å²) in [7, 11) is 2.05. The molecule has 3 fully saturated rings. The molecule has 0 aromatic heterocycles. The first-order chi connectivity index (χ1) is 26.2. The number of hydrogen-bond acceptors (Lipinski definition) is 9. The molecule has 2 aromatic rings. The van der Waals surface area contributed by atoms with Crippen LogP contribution in [0.5, 0.6) is 0 Å². The maximum absolute atomic E-state index is 13.5. The summed E-state index contributed by atoms with van der Waals surface area (Å²) in [6.07, 6.45) is 6.05. The van der Waals surface area contributed by atoms with Gasteiger partial charge in [-0.25, -0.2) is 0 Å². The molecule has 0 saturated carbocycles. The second-order valence-corrected chi connectivity index (χ2v) is 15.0. The van der Waals surface area contributed by atoms with Crippen molar-refractivity contribution in [2.45, 2.75) is 108 Å². The Morgan fingerprint density at radius 1 is 0.818 bits per heavy atom. The first-order valence-corrected chi connectivity index (χ1v) is 19.3. The predicted octanol–water partition coefficient (Wildman–Crippen LogP) is 1.32. The van der Waals surface area contributed by atoms with E-state index in [0.717, 1.165) is 36.8 Å². The zero-order valence-electron chi connectivity index (χ0n) is 32.6. The summed E-state index contributed by atoms with van der Waals surface area (Å²) in [4.78, 5) is 66.1. The smallest absolute Gasteiger partial charge is 0.305 e. The molecule has 14 nitrogen and oxygen atoms in total. The Morgan fingerprint density at radius 3 is 1.87 bits per heavy atom. The Bertz CT molecular complexity index is 1530. The molecule has 0 spiro atoms. The lowest BCUT2D eigenvalue weighted by molar-refractivity contribution is -0.147. The summed E-state index contributed by atoms with van der Waals surface area (Å²) in [5, 5.41) is 17.3. The molecule has 0 aliphatic carbocycles. The molecule has 302 valence electrons.